The average molecular weight is 289 g/mol. The van der Waals surface area contributed by atoms with Gasteiger partial charge in [0.15, 0.2) is 6.29 Å². The molecule has 2 heterocycles. The molecule has 4 unspecified atom stereocenters. The van der Waals surface area contributed by atoms with Crippen LogP contribution in [0.4, 0.5) is 0 Å². The number of nitrogens with zero attached hydrogens (tertiary/aromatic N) is 3. The van der Waals surface area contributed by atoms with E-state index in [-0.39, 0.29) is 30.3 Å². The number of rotatable bonds is 2. The number of hydrogen-bond donors (Lipinski definition) is 0. The molecule has 2 saturated heterocycles. The minimum Gasteiger partial charge on any atom is -0.370 e. The molecule has 21 heavy (non-hydrogen) atoms. The van der Waals surface area contributed by atoms with Crippen molar-refractivity contribution in [3.8, 4) is 0 Å². The molecule has 6 nitrogen and oxygen atoms in total. The maximum Gasteiger partial charge on any atom is 0.184 e. The van der Waals surface area contributed by atoms with Crippen molar-refractivity contribution in [3.05, 3.63) is 46.3 Å². The summed E-state index contributed by atoms with van der Waals surface area (Å²) in [5, 5.41) is 3.87. The van der Waals surface area contributed by atoms with E-state index in [1.54, 1.807) is 0 Å². The van der Waals surface area contributed by atoms with Crippen molar-refractivity contribution < 1.29 is 14.2 Å². The summed E-state index contributed by atoms with van der Waals surface area (Å²) in [6.07, 6.45) is -0.757. The van der Waals surface area contributed by atoms with Gasteiger partial charge in [-0.1, -0.05) is 42.4 Å². The van der Waals surface area contributed by atoms with E-state index in [1.807, 2.05) is 44.2 Å². The monoisotopic (exact) mass is 289 g/mol. The van der Waals surface area contributed by atoms with E-state index in [2.05, 4.69) is 10.0 Å². The van der Waals surface area contributed by atoms with Crippen LogP contribution in [0.15, 0.2) is 35.4 Å². The summed E-state index contributed by atoms with van der Waals surface area (Å²) in [5.41, 5.74) is 9.71. The fourth-order valence-electron chi connectivity index (χ4n) is 3.15. The second-order valence-corrected chi connectivity index (χ2v) is 5.61. The van der Waals surface area contributed by atoms with Gasteiger partial charge in [0, 0.05) is 10.5 Å². The quantitative estimate of drug-likeness (QED) is 0.476. The van der Waals surface area contributed by atoms with Gasteiger partial charge in [-0.25, -0.2) is 0 Å². The third kappa shape index (κ3) is 2.76. The second kappa shape index (κ2) is 6.03. The highest BCUT2D eigenvalue weighted by Crippen LogP contribution is 2.37. The Morgan fingerprint density at radius 3 is 2.67 bits per heavy atom. The number of hydrogen-bond acceptors (Lipinski definition) is 4. The maximum atomic E-state index is 8.72. The van der Waals surface area contributed by atoms with Crippen molar-refractivity contribution in [1.82, 2.24) is 0 Å². The molecule has 2 aliphatic heterocycles. The third-order valence-corrected chi connectivity index (χ3v) is 4.24. The maximum absolute atomic E-state index is 8.72. The Morgan fingerprint density at radius 2 is 1.95 bits per heavy atom. The van der Waals surface area contributed by atoms with Crippen LogP contribution in [0.25, 0.3) is 10.4 Å². The number of ether oxygens (including phenoxy) is 3. The minimum absolute atomic E-state index is 0.0877. The molecule has 0 bridgehead atoms. The molecular weight excluding hydrogens is 270 g/mol. The van der Waals surface area contributed by atoms with Crippen LogP contribution in [0.1, 0.15) is 25.7 Å². The molecule has 0 spiro atoms. The van der Waals surface area contributed by atoms with E-state index in [1.165, 1.54) is 0 Å². The number of fused-ring (bicyclic) bond motifs is 1. The molecule has 6 heteroatoms. The molecule has 0 N–H and O–H groups in total. The Balaban J connectivity index is 1.78. The van der Waals surface area contributed by atoms with E-state index >= 15 is 0 Å². The molecule has 0 amide bonds. The first kappa shape index (κ1) is 14.4. The van der Waals surface area contributed by atoms with E-state index in [0.717, 1.165) is 5.56 Å². The van der Waals surface area contributed by atoms with Crippen molar-refractivity contribution in [1.29, 1.82) is 0 Å². The Kier molecular flexibility index (Phi) is 4.12. The predicted octanol–water partition coefficient (Wildman–Crippen LogP) is 3.20. The molecule has 2 aliphatic rings. The Hall–Kier alpha value is -1.59. The highest BCUT2D eigenvalue weighted by atomic mass is 16.7. The summed E-state index contributed by atoms with van der Waals surface area (Å²) in [6, 6.07) is 9.62. The fraction of sp³-hybridized carbons (Fsp3) is 0.600. The molecule has 112 valence electrons. The zero-order chi connectivity index (χ0) is 14.8. The predicted molar refractivity (Wildman–Crippen MR) is 76.4 cm³/mol. The summed E-state index contributed by atoms with van der Waals surface area (Å²) in [4.78, 5) is 2.93. The van der Waals surface area contributed by atoms with E-state index in [4.69, 9.17) is 19.7 Å². The van der Waals surface area contributed by atoms with Crippen LogP contribution >= 0.6 is 0 Å². The summed E-state index contributed by atoms with van der Waals surface area (Å²) in [6.45, 7) is 4.46. The molecule has 3 rings (SSSR count). The second-order valence-electron chi connectivity index (χ2n) is 5.61. The average Bonchev–Trinajstić information content (AvgIpc) is 2.52. The van der Waals surface area contributed by atoms with Crippen molar-refractivity contribution in [2.75, 3.05) is 6.61 Å². The van der Waals surface area contributed by atoms with Crippen LogP contribution in [0.2, 0.25) is 0 Å². The Labute approximate surface area is 123 Å². The first-order valence-electron chi connectivity index (χ1n) is 7.22. The normalized spacial score (nSPS) is 39.1. The van der Waals surface area contributed by atoms with Gasteiger partial charge in [0.1, 0.15) is 6.10 Å². The first-order valence-corrected chi connectivity index (χ1v) is 7.22. The lowest BCUT2D eigenvalue weighted by Crippen LogP contribution is -2.56. The van der Waals surface area contributed by atoms with Crippen LogP contribution < -0.4 is 0 Å². The number of azide groups is 1. The van der Waals surface area contributed by atoms with Crippen molar-refractivity contribution in [3.63, 3.8) is 0 Å². The molecule has 1 aromatic carbocycles. The van der Waals surface area contributed by atoms with Crippen molar-refractivity contribution >= 4 is 0 Å². The highest BCUT2D eigenvalue weighted by Gasteiger charge is 2.46. The van der Waals surface area contributed by atoms with E-state index < -0.39 is 6.29 Å². The summed E-state index contributed by atoms with van der Waals surface area (Å²) in [5.74, 6) is 0.0877. The molecule has 0 saturated carbocycles. The van der Waals surface area contributed by atoms with Gasteiger partial charge in [-0.15, -0.1) is 0 Å². The topological polar surface area (TPSA) is 76.5 Å². The lowest BCUT2D eigenvalue weighted by atomic mass is 9.86. The van der Waals surface area contributed by atoms with E-state index in [9.17, 15) is 0 Å². The Bertz CT molecular complexity index is 532. The van der Waals surface area contributed by atoms with E-state index in [0.29, 0.717) is 6.61 Å². The largest absolute Gasteiger partial charge is 0.370 e. The van der Waals surface area contributed by atoms with Gasteiger partial charge in [-0.3, -0.25) is 0 Å². The van der Waals surface area contributed by atoms with Crippen LogP contribution in [0.3, 0.4) is 0 Å². The third-order valence-electron chi connectivity index (χ3n) is 4.24. The molecule has 2 fully saturated rings. The Morgan fingerprint density at radius 1 is 1.19 bits per heavy atom. The minimum atomic E-state index is -0.390. The molecule has 0 aliphatic carbocycles. The van der Waals surface area contributed by atoms with Crippen LogP contribution in [0, 0.1) is 5.92 Å². The molecule has 0 aromatic heterocycles. The summed E-state index contributed by atoms with van der Waals surface area (Å²) >= 11 is 0. The van der Waals surface area contributed by atoms with Gasteiger partial charge in [-0.05, 0) is 18.4 Å². The van der Waals surface area contributed by atoms with Gasteiger partial charge < -0.3 is 14.2 Å². The highest BCUT2D eigenvalue weighted by molar-refractivity contribution is 5.16. The smallest absolute Gasteiger partial charge is 0.184 e. The van der Waals surface area contributed by atoms with Crippen molar-refractivity contribution in [2.45, 2.75) is 44.5 Å². The van der Waals surface area contributed by atoms with Gasteiger partial charge in [0.2, 0.25) is 0 Å². The summed E-state index contributed by atoms with van der Waals surface area (Å²) in [7, 11) is 0. The SMILES string of the molecule is CC1OC2COC(c3ccccc3)O[C@H]2[C@H](C)C1N=[N+]=[N-]. The van der Waals surface area contributed by atoms with Crippen molar-refractivity contribution in [2.24, 2.45) is 11.0 Å². The number of benzene rings is 1. The van der Waals surface area contributed by atoms with Crippen LogP contribution in [0.5, 0.6) is 0 Å². The standard InChI is InChI=1S/C15H19N3O3/c1-9-13(17-18-16)10(2)20-12-8-19-15(21-14(9)12)11-6-4-3-5-7-11/h3-7,9-10,12-15H,8H2,1-2H3/t9-,10?,12?,13?,14+,15?/m1/s1. The van der Waals surface area contributed by atoms with Gasteiger partial charge in [0.05, 0.1) is 24.9 Å². The lowest BCUT2D eigenvalue weighted by molar-refractivity contribution is -0.301. The lowest BCUT2D eigenvalue weighted by Gasteiger charge is -2.47. The molecule has 0 radical (unpaired) electrons. The van der Waals surface area contributed by atoms with Gasteiger partial charge >= 0.3 is 0 Å². The van der Waals surface area contributed by atoms with Crippen LogP contribution in [-0.2, 0) is 14.2 Å². The van der Waals surface area contributed by atoms with Crippen LogP contribution in [-0.4, -0.2) is 31.0 Å². The molecule has 1 aromatic rings. The van der Waals surface area contributed by atoms with Gasteiger partial charge in [0.25, 0.3) is 0 Å². The molecule has 6 atom stereocenters. The zero-order valence-electron chi connectivity index (χ0n) is 12.1. The molecular formula is C15H19N3O3. The summed E-state index contributed by atoms with van der Waals surface area (Å²) < 4.78 is 17.8. The zero-order valence-corrected chi connectivity index (χ0v) is 12.1. The van der Waals surface area contributed by atoms with Gasteiger partial charge in [-0.2, -0.15) is 0 Å². The first-order chi connectivity index (χ1) is 10.2. The fourth-order valence-corrected chi connectivity index (χ4v) is 3.15.